The topological polar surface area (TPSA) is 17.1 Å². The number of carbonyl (C=O) groups excluding carboxylic acids is 1. The van der Waals surface area contributed by atoms with Crippen molar-refractivity contribution in [2.45, 2.75) is 60.8 Å². The van der Waals surface area contributed by atoms with Crippen molar-refractivity contribution >= 4 is 16.9 Å². The molecule has 0 aromatic heterocycles. The Morgan fingerprint density at radius 2 is 1.10 bits per heavy atom. The minimum Gasteiger partial charge on any atom is -0.294 e. The summed E-state index contributed by atoms with van der Waals surface area (Å²) in [6.07, 6.45) is 3.80. The number of Topliss-reactive ketones (excluding diaryl/α,β-unsaturated/α-hetero) is 1. The zero-order chi connectivity index (χ0) is 20.6. The smallest absolute Gasteiger partial charge is 0.167 e. The molecule has 2 saturated carbocycles. The molecule has 2 fully saturated rings. The second-order valence-electron chi connectivity index (χ2n) is 10.0. The van der Waals surface area contributed by atoms with Crippen LogP contribution >= 0.6 is 0 Å². The molecule has 0 amide bonds. The molecule has 0 radical (unpaired) electrons. The highest BCUT2D eigenvalue weighted by Gasteiger charge is 2.57. The lowest BCUT2D eigenvalue weighted by Crippen LogP contribution is -2.24. The Kier molecular flexibility index (Phi) is 4.18. The second kappa shape index (κ2) is 6.42. The number of hydrogen-bond donors (Lipinski definition) is 0. The summed E-state index contributed by atoms with van der Waals surface area (Å²) in [6, 6.07) is 9.19. The third-order valence-electron chi connectivity index (χ3n) is 8.52. The van der Waals surface area contributed by atoms with Crippen LogP contribution in [-0.4, -0.2) is 5.78 Å². The van der Waals surface area contributed by atoms with Gasteiger partial charge in [-0.3, -0.25) is 4.79 Å². The molecule has 3 aliphatic carbocycles. The predicted octanol–water partition coefficient (Wildman–Crippen LogP) is 6.69. The molecule has 2 aromatic rings. The van der Waals surface area contributed by atoms with Crippen LogP contribution in [0, 0.1) is 65.2 Å². The number of allylic oxidation sites excluding steroid dienone is 2. The van der Waals surface area contributed by atoms with Gasteiger partial charge in [-0.15, -0.1) is 0 Å². The fourth-order valence-electron chi connectivity index (χ4n) is 6.56. The van der Waals surface area contributed by atoms with E-state index in [0.717, 1.165) is 11.1 Å². The molecule has 0 spiro atoms. The highest BCUT2D eigenvalue weighted by molar-refractivity contribution is 6.33. The van der Waals surface area contributed by atoms with Gasteiger partial charge in [0.15, 0.2) is 5.78 Å². The van der Waals surface area contributed by atoms with Gasteiger partial charge in [0.1, 0.15) is 0 Å². The van der Waals surface area contributed by atoms with Crippen LogP contribution in [0.3, 0.4) is 0 Å². The Morgan fingerprint density at radius 1 is 0.655 bits per heavy atom. The van der Waals surface area contributed by atoms with E-state index in [1.165, 1.54) is 63.8 Å². The Bertz CT molecular complexity index is 1040. The monoisotopic (exact) mass is 384 g/mol. The summed E-state index contributed by atoms with van der Waals surface area (Å²) in [5.74, 6) is 2.37. The molecule has 3 aliphatic rings. The summed E-state index contributed by atoms with van der Waals surface area (Å²) < 4.78 is 0. The Balaban J connectivity index is 1.79. The van der Waals surface area contributed by atoms with Crippen LogP contribution in [-0.2, 0) is 4.79 Å². The van der Waals surface area contributed by atoms with E-state index < -0.39 is 0 Å². The quantitative estimate of drug-likeness (QED) is 0.563. The summed E-state index contributed by atoms with van der Waals surface area (Å²) >= 11 is 0. The Morgan fingerprint density at radius 3 is 1.62 bits per heavy atom. The summed E-state index contributed by atoms with van der Waals surface area (Å²) in [7, 11) is 0. The average Bonchev–Trinajstić information content (AvgIpc) is 3.35. The second-order valence-corrected chi connectivity index (χ2v) is 10.0. The minimum atomic E-state index is 0.225. The predicted molar refractivity (Wildman–Crippen MR) is 121 cm³/mol. The van der Waals surface area contributed by atoms with Gasteiger partial charge in [0.2, 0.25) is 0 Å². The van der Waals surface area contributed by atoms with E-state index in [-0.39, 0.29) is 5.92 Å². The number of aryl methyl sites for hydroxylation is 4. The van der Waals surface area contributed by atoms with Crippen LogP contribution in [0.15, 0.2) is 24.3 Å². The van der Waals surface area contributed by atoms with E-state index in [1.54, 1.807) is 0 Å². The van der Waals surface area contributed by atoms with Crippen molar-refractivity contribution in [2.24, 2.45) is 23.7 Å². The van der Waals surface area contributed by atoms with Crippen molar-refractivity contribution in [1.29, 1.82) is 0 Å². The summed E-state index contributed by atoms with van der Waals surface area (Å²) in [4.78, 5) is 13.8. The first-order chi connectivity index (χ1) is 13.8. The molecule has 29 heavy (non-hydrogen) atoms. The van der Waals surface area contributed by atoms with E-state index in [1.807, 2.05) is 0 Å². The lowest BCUT2D eigenvalue weighted by Gasteiger charge is -2.26. The van der Waals surface area contributed by atoms with Gasteiger partial charge >= 0.3 is 0 Å². The maximum Gasteiger partial charge on any atom is 0.167 e. The van der Waals surface area contributed by atoms with E-state index in [9.17, 15) is 4.79 Å². The van der Waals surface area contributed by atoms with Crippen molar-refractivity contribution in [3.8, 4) is 0 Å². The number of hydrogen-bond acceptors (Lipinski definition) is 1. The first-order valence-electron chi connectivity index (χ1n) is 11.2. The third-order valence-corrected chi connectivity index (χ3v) is 8.52. The molecular weight excluding hydrogens is 352 g/mol. The van der Waals surface area contributed by atoms with E-state index in [0.29, 0.717) is 23.5 Å². The van der Waals surface area contributed by atoms with E-state index >= 15 is 0 Å². The number of carbonyl (C=O) groups is 1. The van der Waals surface area contributed by atoms with E-state index in [2.05, 4.69) is 65.8 Å². The maximum atomic E-state index is 13.8. The highest BCUT2D eigenvalue weighted by Crippen LogP contribution is 2.62. The van der Waals surface area contributed by atoms with Crippen LogP contribution < -0.4 is 0 Å². The number of ketones is 1. The maximum absolute atomic E-state index is 13.8. The van der Waals surface area contributed by atoms with Crippen LogP contribution in [0.1, 0.15) is 63.8 Å². The Labute approximate surface area is 175 Å². The van der Waals surface area contributed by atoms with Crippen molar-refractivity contribution in [3.63, 3.8) is 0 Å². The zero-order valence-corrected chi connectivity index (χ0v) is 18.6. The summed E-state index contributed by atoms with van der Waals surface area (Å²) in [5, 5.41) is 0. The highest BCUT2D eigenvalue weighted by atomic mass is 16.1. The van der Waals surface area contributed by atoms with Crippen molar-refractivity contribution in [2.75, 3.05) is 0 Å². The molecule has 0 aliphatic heterocycles. The van der Waals surface area contributed by atoms with Gasteiger partial charge in [-0.25, -0.2) is 0 Å². The zero-order valence-electron chi connectivity index (χ0n) is 18.6. The molecular formula is C28H32O. The summed E-state index contributed by atoms with van der Waals surface area (Å²) in [5.41, 5.74) is 12.8. The molecule has 0 heterocycles. The lowest BCUT2D eigenvalue weighted by atomic mass is 9.76. The van der Waals surface area contributed by atoms with Crippen LogP contribution in [0.25, 0.3) is 11.1 Å². The molecule has 4 atom stereocenters. The fourth-order valence-corrected chi connectivity index (χ4v) is 6.56. The van der Waals surface area contributed by atoms with Gasteiger partial charge < -0.3 is 0 Å². The number of benzene rings is 2. The van der Waals surface area contributed by atoms with Crippen LogP contribution in [0.5, 0.6) is 0 Å². The van der Waals surface area contributed by atoms with Gasteiger partial charge in [0, 0.05) is 11.5 Å². The van der Waals surface area contributed by atoms with Crippen molar-refractivity contribution in [3.05, 3.63) is 68.8 Å². The summed E-state index contributed by atoms with van der Waals surface area (Å²) in [6.45, 7) is 13.2. The standard InChI is InChI=1S/C28H32O/c1-14-9-22(10-15(2)18(14)5)25-24-20-7-8-21(13-20)26(24)28(29)27(25)23-11-16(3)19(6)17(4)12-23/h9-12,20-21,24,26H,7-8,13H2,1-6H3/t20-,21+,24-,26-/m0/s1. The van der Waals surface area contributed by atoms with Crippen LogP contribution in [0.4, 0.5) is 0 Å². The average molecular weight is 385 g/mol. The molecule has 5 rings (SSSR count). The van der Waals surface area contributed by atoms with Gasteiger partial charge in [-0.2, -0.15) is 0 Å². The number of fused-ring (bicyclic) bond motifs is 5. The van der Waals surface area contributed by atoms with Gasteiger partial charge in [-0.05, 0) is 129 Å². The molecule has 2 bridgehead atoms. The largest absolute Gasteiger partial charge is 0.294 e. The van der Waals surface area contributed by atoms with Crippen molar-refractivity contribution < 1.29 is 4.79 Å². The molecule has 150 valence electrons. The first-order valence-corrected chi connectivity index (χ1v) is 11.2. The lowest BCUT2D eigenvalue weighted by molar-refractivity contribution is -0.118. The van der Waals surface area contributed by atoms with Gasteiger partial charge in [-0.1, -0.05) is 24.3 Å². The first kappa shape index (κ1) is 18.9. The Hall–Kier alpha value is -2.15. The molecule has 0 N–H and O–H groups in total. The van der Waals surface area contributed by atoms with Crippen LogP contribution in [0.2, 0.25) is 0 Å². The molecule has 1 nitrogen and oxygen atoms in total. The normalized spacial score (nSPS) is 27.9. The number of rotatable bonds is 2. The molecule has 0 unspecified atom stereocenters. The molecule has 1 heteroatoms. The SMILES string of the molecule is Cc1cc(C2=C(c3cc(C)c(C)c(C)c3)[C@@H]3[C@H]4CC[C@H](C4)[C@@H]3C2=O)cc(C)c1C. The van der Waals surface area contributed by atoms with Gasteiger partial charge in [0.05, 0.1) is 0 Å². The fraction of sp³-hybridized carbons (Fsp3) is 0.464. The van der Waals surface area contributed by atoms with Crippen molar-refractivity contribution in [1.82, 2.24) is 0 Å². The van der Waals surface area contributed by atoms with E-state index in [4.69, 9.17) is 0 Å². The molecule has 2 aromatic carbocycles. The molecule has 0 saturated heterocycles. The minimum absolute atomic E-state index is 0.225. The third kappa shape index (κ3) is 2.62. The van der Waals surface area contributed by atoms with Gasteiger partial charge in [0.25, 0.3) is 0 Å².